The Balaban J connectivity index is 2.28. The molecule has 2 aromatic rings. The van der Waals surface area contributed by atoms with E-state index < -0.39 is 11.7 Å². The van der Waals surface area contributed by atoms with Gasteiger partial charge in [0.25, 0.3) is 0 Å². The van der Waals surface area contributed by atoms with Crippen LogP contribution in [0.2, 0.25) is 0 Å². The number of rotatable bonds is 3. The number of nitrogen functional groups attached to an aromatic ring is 1. The smallest absolute Gasteiger partial charge is 0.415 e. The topological polar surface area (TPSA) is 103 Å². The summed E-state index contributed by atoms with van der Waals surface area (Å²) in [6, 6.07) is 1.69. The highest BCUT2D eigenvalue weighted by Crippen LogP contribution is 2.25. The van der Waals surface area contributed by atoms with E-state index in [0.29, 0.717) is 28.6 Å². The zero-order valence-corrected chi connectivity index (χ0v) is 14.4. The first-order valence-electron chi connectivity index (χ1n) is 7.30. The maximum absolute atomic E-state index is 12.1. The SMILES string of the molecule is COc1ncc(-c2cncc(N(C)C(=O)OC(C)(C)C)n2)cc1N. The normalized spacial score (nSPS) is 11.0. The fourth-order valence-corrected chi connectivity index (χ4v) is 1.86. The molecule has 0 unspecified atom stereocenters. The van der Waals surface area contributed by atoms with Crippen molar-refractivity contribution in [2.45, 2.75) is 26.4 Å². The van der Waals surface area contributed by atoms with Gasteiger partial charge in [-0.2, -0.15) is 0 Å². The summed E-state index contributed by atoms with van der Waals surface area (Å²) in [7, 11) is 3.07. The second-order valence-electron chi connectivity index (χ2n) is 6.12. The predicted molar refractivity (Wildman–Crippen MR) is 90.9 cm³/mol. The molecule has 0 aliphatic rings. The monoisotopic (exact) mass is 331 g/mol. The Bertz CT molecular complexity index is 743. The molecule has 0 atom stereocenters. The van der Waals surface area contributed by atoms with E-state index in [9.17, 15) is 4.79 Å². The minimum absolute atomic E-state index is 0.341. The summed E-state index contributed by atoms with van der Waals surface area (Å²) in [6.45, 7) is 5.39. The second kappa shape index (κ2) is 6.69. The fraction of sp³-hybridized carbons (Fsp3) is 0.375. The number of hydrogen-bond donors (Lipinski definition) is 1. The summed E-state index contributed by atoms with van der Waals surface area (Å²) < 4.78 is 10.4. The average molecular weight is 331 g/mol. The summed E-state index contributed by atoms with van der Waals surface area (Å²) in [5, 5.41) is 0. The minimum Gasteiger partial charge on any atom is -0.480 e. The molecule has 8 heteroatoms. The van der Waals surface area contributed by atoms with Crippen molar-refractivity contribution in [3.05, 3.63) is 24.7 Å². The lowest BCUT2D eigenvalue weighted by atomic mass is 10.2. The molecule has 2 N–H and O–H groups in total. The van der Waals surface area contributed by atoms with Gasteiger partial charge in [0.1, 0.15) is 5.60 Å². The molecule has 8 nitrogen and oxygen atoms in total. The molecule has 2 rings (SSSR count). The number of amides is 1. The molecule has 0 aliphatic carbocycles. The van der Waals surface area contributed by atoms with Crippen LogP contribution in [0.5, 0.6) is 5.88 Å². The van der Waals surface area contributed by atoms with E-state index in [-0.39, 0.29) is 0 Å². The average Bonchev–Trinajstić information content (AvgIpc) is 2.52. The first-order valence-corrected chi connectivity index (χ1v) is 7.30. The highest BCUT2D eigenvalue weighted by molar-refractivity contribution is 5.86. The van der Waals surface area contributed by atoms with E-state index in [1.54, 1.807) is 46.3 Å². The number of aromatic nitrogens is 3. The zero-order chi connectivity index (χ0) is 17.9. The Labute approximate surface area is 140 Å². The lowest BCUT2D eigenvalue weighted by Gasteiger charge is -2.24. The van der Waals surface area contributed by atoms with Gasteiger partial charge in [-0.1, -0.05) is 0 Å². The van der Waals surface area contributed by atoms with Crippen LogP contribution < -0.4 is 15.4 Å². The molecule has 128 valence electrons. The third-order valence-electron chi connectivity index (χ3n) is 3.00. The van der Waals surface area contributed by atoms with Crippen LogP contribution in [0.4, 0.5) is 16.3 Å². The van der Waals surface area contributed by atoms with Crippen molar-refractivity contribution in [1.82, 2.24) is 15.0 Å². The Hall–Kier alpha value is -2.90. The number of hydrogen-bond acceptors (Lipinski definition) is 7. The van der Waals surface area contributed by atoms with Crippen molar-refractivity contribution in [2.24, 2.45) is 0 Å². The zero-order valence-electron chi connectivity index (χ0n) is 14.4. The Morgan fingerprint density at radius 2 is 1.96 bits per heavy atom. The maximum Gasteiger partial charge on any atom is 0.415 e. The standard InChI is InChI=1S/C16H21N5O3/c1-16(2,3)24-15(22)21(4)13-9-18-8-12(20-13)10-6-11(17)14(23-5)19-7-10/h6-9H,17H2,1-5H3. The number of carbonyl (C=O) groups is 1. The summed E-state index contributed by atoms with van der Waals surface area (Å²) in [4.78, 5) is 26.1. The molecule has 24 heavy (non-hydrogen) atoms. The van der Waals surface area contributed by atoms with Crippen LogP contribution in [0.3, 0.4) is 0 Å². The first kappa shape index (κ1) is 17.5. The van der Waals surface area contributed by atoms with E-state index in [0.717, 1.165) is 0 Å². The van der Waals surface area contributed by atoms with Gasteiger partial charge in [0.05, 0.1) is 30.9 Å². The third kappa shape index (κ3) is 4.09. The van der Waals surface area contributed by atoms with Crippen LogP contribution >= 0.6 is 0 Å². The molecular weight excluding hydrogens is 310 g/mol. The molecule has 2 aromatic heterocycles. The van der Waals surface area contributed by atoms with Gasteiger partial charge in [0, 0.05) is 18.8 Å². The molecule has 0 bridgehead atoms. The number of carbonyl (C=O) groups excluding carboxylic acids is 1. The number of methoxy groups -OCH3 is 1. The molecule has 2 heterocycles. The van der Waals surface area contributed by atoms with Gasteiger partial charge in [0.15, 0.2) is 5.82 Å². The van der Waals surface area contributed by atoms with Crippen molar-refractivity contribution in [2.75, 3.05) is 24.8 Å². The Morgan fingerprint density at radius 3 is 2.54 bits per heavy atom. The summed E-state index contributed by atoms with van der Waals surface area (Å²) in [5.74, 6) is 0.699. The van der Waals surface area contributed by atoms with Crippen molar-refractivity contribution in [3.8, 4) is 17.1 Å². The van der Waals surface area contributed by atoms with Gasteiger partial charge >= 0.3 is 6.09 Å². The van der Waals surface area contributed by atoms with E-state index in [4.69, 9.17) is 15.2 Å². The predicted octanol–water partition coefficient (Wildman–Crippen LogP) is 2.50. The number of ether oxygens (including phenoxy) is 2. The number of anilines is 2. The van der Waals surface area contributed by atoms with E-state index in [2.05, 4.69) is 15.0 Å². The van der Waals surface area contributed by atoms with Crippen LogP contribution in [0.25, 0.3) is 11.3 Å². The van der Waals surface area contributed by atoms with E-state index >= 15 is 0 Å². The summed E-state index contributed by atoms with van der Waals surface area (Å²) in [6.07, 6.45) is 4.11. The third-order valence-corrected chi connectivity index (χ3v) is 3.00. The van der Waals surface area contributed by atoms with Gasteiger partial charge in [-0.05, 0) is 26.8 Å². The van der Waals surface area contributed by atoms with Crippen LogP contribution in [0.1, 0.15) is 20.8 Å². The highest BCUT2D eigenvalue weighted by atomic mass is 16.6. The van der Waals surface area contributed by atoms with E-state index in [1.165, 1.54) is 18.2 Å². The Kier molecular flexibility index (Phi) is 4.87. The molecule has 0 radical (unpaired) electrons. The fourth-order valence-electron chi connectivity index (χ4n) is 1.86. The van der Waals surface area contributed by atoms with Gasteiger partial charge in [-0.15, -0.1) is 0 Å². The minimum atomic E-state index is -0.593. The lowest BCUT2D eigenvalue weighted by molar-refractivity contribution is 0.0588. The lowest BCUT2D eigenvalue weighted by Crippen LogP contribution is -2.34. The number of nitrogens with two attached hydrogens (primary N) is 1. The van der Waals surface area contributed by atoms with E-state index in [1.807, 2.05) is 0 Å². The second-order valence-corrected chi connectivity index (χ2v) is 6.12. The van der Waals surface area contributed by atoms with Gasteiger partial charge in [-0.25, -0.2) is 14.8 Å². The summed E-state index contributed by atoms with van der Waals surface area (Å²) >= 11 is 0. The van der Waals surface area contributed by atoms with Gasteiger partial charge < -0.3 is 15.2 Å². The van der Waals surface area contributed by atoms with Crippen molar-refractivity contribution >= 4 is 17.6 Å². The molecule has 0 saturated carbocycles. The number of nitrogens with zero attached hydrogens (tertiary/aromatic N) is 4. The van der Waals surface area contributed by atoms with Gasteiger partial charge in [-0.3, -0.25) is 9.88 Å². The largest absolute Gasteiger partial charge is 0.480 e. The molecule has 1 amide bonds. The van der Waals surface area contributed by atoms with Crippen molar-refractivity contribution in [3.63, 3.8) is 0 Å². The molecule has 0 aliphatic heterocycles. The molecular formula is C16H21N5O3. The van der Waals surface area contributed by atoms with Crippen LogP contribution in [-0.2, 0) is 4.74 Å². The Morgan fingerprint density at radius 1 is 1.25 bits per heavy atom. The molecule has 0 fully saturated rings. The summed E-state index contributed by atoms with van der Waals surface area (Å²) in [5.41, 5.74) is 6.86. The number of pyridine rings is 1. The molecule has 0 saturated heterocycles. The molecule has 0 aromatic carbocycles. The highest BCUT2D eigenvalue weighted by Gasteiger charge is 2.21. The van der Waals surface area contributed by atoms with Crippen molar-refractivity contribution in [1.29, 1.82) is 0 Å². The van der Waals surface area contributed by atoms with Crippen LogP contribution in [-0.4, -0.2) is 40.8 Å². The van der Waals surface area contributed by atoms with Crippen molar-refractivity contribution < 1.29 is 14.3 Å². The van der Waals surface area contributed by atoms with Gasteiger partial charge in [0.2, 0.25) is 5.88 Å². The molecule has 0 spiro atoms. The quantitative estimate of drug-likeness (QED) is 0.921. The first-order chi connectivity index (χ1) is 11.2. The van der Waals surface area contributed by atoms with Crippen LogP contribution in [0, 0.1) is 0 Å². The van der Waals surface area contributed by atoms with Crippen LogP contribution in [0.15, 0.2) is 24.7 Å². The maximum atomic E-state index is 12.1.